The van der Waals surface area contributed by atoms with Gasteiger partial charge in [-0.1, -0.05) is 42.5 Å². The average molecular weight is 307 g/mol. The van der Waals surface area contributed by atoms with Crippen LogP contribution in [0.1, 0.15) is 28.8 Å². The van der Waals surface area contributed by atoms with Crippen molar-refractivity contribution in [1.29, 1.82) is 0 Å². The molecular formula is C19H21N3O. The Hall–Kier alpha value is -2.62. The van der Waals surface area contributed by atoms with E-state index in [9.17, 15) is 4.79 Å². The van der Waals surface area contributed by atoms with Crippen molar-refractivity contribution < 1.29 is 4.79 Å². The number of likely N-dealkylation sites (tertiary alicyclic amines) is 1. The van der Waals surface area contributed by atoms with Gasteiger partial charge in [0.15, 0.2) is 0 Å². The van der Waals surface area contributed by atoms with Crippen LogP contribution in [0.15, 0.2) is 59.6 Å². The second kappa shape index (κ2) is 7.09. The van der Waals surface area contributed by atoms with Gasteiger partial charge >= 0.3 is 0 Å². The largest absolute Gasteiger partial charge is 0.356 e. The molecule has 4 heteroatoms. The molecule has 0 saturated carbocycles. The SMILES string of the molecule is CNC(=O)c1ccccc1N=C(c1ccccc1)N1CCCC1. The third kappa shape index (κ3) is 3.42. The maximum absolute atomic E-state index is 12.1. The number of nitrogens with zero attached hydrogens (tertiary/aromatic N) is 2. The van der Waals surface area contributed by atoms with Crippen LogP contribution in [0.5, 0.6) is 0 Å². The Morgan fingerprint density at radius 1 is 1.00 bits per heavy atom. The summed E-state index contributed by atoms with van der Waals surface area (Å²) in [6.07, 6.45) is 2.37. The van der Waals surface area contributed by atoms with Crippen molar-refractivity contribution in [3.05, 3.63) is 65.7 Å². The lowest BCUT2D eigenvalue weighted by atomic mass is 10.1. The molecule has 0 bridgehead atoms. The number of benzene rings is 2. The van der Waals surface area contributed by atoms with Gasteiger partial charge < -0.3 is 10.2 Å². The average Bonchev–Trinajstić information content (AvgIpc) is 3.14. The number of carbonyl (C=O) groups excluding carboxylic acids is 1. The van der Waals surface area contributed by atoms with Crippen LogP contribution in [0.2, 0.25) is 0 Å². The van der Waals surface area contributed by atoms with Gasteiger partial charge in [-0.3, -0.25) is 4.79 Å². The quantitative estimate of drug-likeness (QED) is 0.699. The lowest BCUT2D eigenvalue weighted by Crippen LogP contribution is -2.28. The van der Waals surface area contributed by atoms with E-state index in [1.807, 2.05) is 42.5 Å². The molecular weight excluding hydrogens is 286 g/mol. The van der Waals surface area contributed by atoms with Crippen molar-refractivity contribution in [2.75, 3.05) is 20.1 Å². The van der Waals surface area contributed by atoms with Gasteiger partial charge in [0.1, 0.15) is 5.84 Å². The third-order valence-corrected chi connectivity index (χ3v) is 4.04. The highest BCUT2D eigenvalue weighted by Gasteiger charge is 2.19. The number of carbonyl (C=O) groups is 1. The zero-order valence-electron chi connectivity index (χ0n) is 13.3. The van der Waals surface area contributed by atoms with Gasteiger partial charge in [-0.15, -0.1) is 0 Å². The van der Waals surface area contributed by atoms with Crippen LogP contribution < -0.4 is 5.32 Å². The molecule has 3 rings (SSSR count). The highest BCUT2D eigenvalue weighted by Crippen LogP contribution is 2.23. The summed E-state index contributed by atoms with van der Waals surface area (Å²) in [6.45, 7) is 2.02. The molecule has 1 heterocycles. The van der Waals surface area contributed by atoms with Gasteiger partial charge in [0.25, 0.3) is 5.91 Å². The van der Waals surface area contributed by atoms with Crippen LogP contribution in [0.4, 0.5) is 5.69 Å². The van der Waals surface area contributed by atoms with E-state index in [0.29, 0.717) is 11.3 Å². The van der Waals surface area contributed by atoms with Crippen LogP contribution in [-0.4, -0.2) is 36.8 Å². The van der Waals surface area contributed by atoms with E-state index >= 15 is 0 Å². The monoisotopic (exact) mass is 307 g/mol. The summed E-state index contributed by atoms with van der Waals surface area (Å²) in [6, 6.07) is 17.7. The summed E-state index contributed by atoms with van der Waals surface area (Å²) in [4.78, 5) is 19.2. The van der Waals surface area contributed by atoms with E-state index in [4.69, 9.17) is 4.99 Å². The van der Waals surface area contributed by atoms with Gasteiger partial charge in [0, 0.05) is 25.7 Å². The van der Waals surface area contributed by atoms with Crippen LogP contribution in [-0.2, 0) is 0 Å². The maximum atomic E-state index is 12.1. The Balaban J connectivity index is 2.07. The molecule has 0 radical (unpaired) electrons. The molecule has 2 aromatic rings. The van der Waals surface area contributed by atoms with Crippen LogP contribution in [0, 0.1) is 0 Å². The Kier molecular flexibility index (Phi) is 4.71. The zero-order valence-corrected chi connectivity index (χ0v) is 13.3. The first-order chi connectivity index (χ1) is 11.3. The molecule has 0 aliphatic carbocycles. The van der Waals surface area contributed by atoms with Crippen LogP contribution >= 0.6 is 0 Å². The Morgan fingerprint density at radius 3 is 2.35 bits per heavy atom. The Morgan fingerprint density at radius 2 is 1.65 bits per heavy atom. The fourth-order valence-electron chi connectivity index (χ4n) is 2.85. The predicted molar refractivity (Wildman–Crippen MR) is 93.3 cm³/mol. The molecule has 0 unspecified atom stereocenters. The van der Waals surface area contributed by atoms with Crippen molar-refractivity contribution in [3.8, 4) is 0 Å². The fourth-order valence-corrected chi connectivity index (χ4v) is 2.85. The van der Waals surface area contributed by atoms with E-state index in [1.165, 1.54) is 12.8 Å². The number of amidine groups is 1. The number of hydrogen-bond donors (Lipinski definition) is 1. The summed E-state index contributed by atoms with van der Waals surface area (Å²) in [5, 5.41) is 2.68. The van der Waals surface area contributed by atoms with Crippen molar-refractivity contribution in [3.63, 3.8) is 0 Å². The first-order valence-electron chi connectivity index (χ1n) is 8.00. The van der Waals surface area contributed by atoms with E-state index in [2.05, 4.69) is 22.3 Å². The summed E-state index contributed by atoms with van der Waals surface area (Å²) in [5.74, 6) is 0.831. The third-order valence-electron chi connectivity index (χ3n) is 4.04. The highest BCUT2D eigenvalue weighted by atomic mass is 16.1. The zero-order chi connectivity index (χ0) is 16.1. The molecule has 1 fully saturated rings. The summed E-state index contributed by atoms with van der Waals surface area (Å²) in [7, 11) is 1.64. The molecule has 2 aromatic carbocycles. The molecule has 23 heavy (non-hydrogen) atoms. The minimum absolute atomic E-state index is 0.113. The first kappa shape index (κ1) is 15.3. The van der Waals surface area contributed by atoms with Gasteiger partial charge in [0.2, 0.25) is 0 Å². The van der Waals surface area contributed by atoms with Gasteiger partial charge in [-0.2, -0.15) is 0 Å². The molecule has 0 atom stereocenters. The van der Waals surface area contributed by atoms with E-state index in [0.717, 1.165) is 24.5 Å². The highest BCUT2D eigenvalue weighted by molar-refractivity contribution is 6.04. The predicted octanol–water partition coefficient (Wildman–Crippen LogP) is 3.22. The molecule has 1 saturated heterocycles. The topological polar surface area (TPSA) is 44.7 Å². The molecule has 0 aromatic heterocycles. The van der Waals surface area contributed by atoms with E-state index in [-0.39, 0.29) is 5.91 Å². The fraction of sp³-hybridized carbons (Fsp3) is 0.263. The minimum atomic E-state index is -0.113. The van der Waals surface area contributed by atoms with Crippen molar-refractivity contribution >= 4 is 17.4 Å². The van der Waals surface area contributed by atoms with Crippen molar-refractivity contribution in [1.82, 2.24) is 10.2 Å². The van der Waals surface area contributed by atoms with Crippen LogP contribution in [0.3, 0.4) is 0 Å². The Labute approximate surface area is 136 Å². The van der Waals surface area contributed by atoms with Gasteiger partial charge in [0.05, 0.1) is 11.3 Å². The lowest BCUT2D eigenvalue weighted by Gasteiger charge is -2.21. The normalized spacial score (nSPS) is 14.8. The number of nitrogens with one attached hydrogen (secondary N) is 1. The number of amides is 1. The molecule has 1 aliphatic heterocycles. The molecule has 1 aliphatic rings. The second-order valence-corrected chi connectivity index (χ2v) is 5.59. The number of aliphatic imine (C=N–C) groups is 1. The molecule has 1 amide bonds. The standard InChI is InChI=1S/C19H21N3O/c1-20-19(23)16-11-5-6-12-17(16)21-18(22-13-7-8-14-22)15-9-3-2-4-10-15/h2-6,9-12H,7-8,13-14H2,1H3,(H,20,23). The molecule has 4 nitrogen and oxygen atoms in total. The van der Waals surface area contributed by atoms with Crippen molar-refractivity contribution in [2.24, 2.45) is 4.99 Å². The smallest absolute Gasteiger partial charge is 0.253 e. The number of para-hydroxylation sites is 1. The van der Waals surface area contributed by atoms with Crippen molar-refractivity contribution in [2.45, 2.75) is 12.8 Å². The molecule has 118 valence electrons. The minimum Gasteiger partial charge on any atom is -0.356 e. The summed E-state index contributed by atoms with van der Waals surface area (Å²) in [5.41, 5.74) is 2.39. The number of rotatable bonds is 3. The summed E-state index contributed by atoms with van der Waals surface area (Å²) < 4.78 is 0. The van der Waals surface area contributed by atoms with E-state index < -0.39 is 0 Å². The Bertz CT molecular complexity index is 704. The van der Waals surface area contributed by atoms with E-state index in [1.54, 1.807) is 7.05 Å². The maximum Gasteiger partial charge on any atom is 0.253 e. The lowest BCUT2D eigenvalue weighted by molar-refractivity contribution is 0.0964. The van der Waals surface area contributed by atoms with Gasteiger partial charge in [-0.05, 0) is 25.0 Å². The summed E-state index contributed by atoms with van der Waals surface area (Å²) >= 11 is 0. The molecule has 0 spiro atoms. The second-order valence-electron chi connectivity index (χ2n) is 5.59. The van der Waals surface area contributed by atoms with Gasteiger partial charge in [-0.25, -0.2) is 4.99 Å². The van der Waals surface area contributed by atoms with Crippen LogP contribution in [0.25, 0.3) is 0 Å². The number of hydrogen-bond acceptors (Lipinski definition) is 2. The molecule has 1 N–H and O–H groups in total. The first-order valence-corrected chi connectivity index (χ1v) is 8.00.